The highest BCUT2D eigenvalue weighted by molar-refractivity contribution is 7.17. The largest absolute Gasteiger partial charge is 0.465 e. The zero-order chi connectivity index (χ0) is 19.7. The van der Waals surface area contributed by atoms with Gasteiger partial charge >= 0.3 is 5.97 Å². The van der Waals surface area contributed by atoms with E-state index in [2.05, 4.69) is 10.2 Å². The fraction of sp³-hybridized carbons (Fsp3) is 0.421. The van der Waals surface area contributed by atoms with Gasteiger partial charge in [0.15, 0.2) is 5.13 Å². The van der Waals surface area contributed by atoms with Crippen LogP contribution in [-0.2, 0) is 9.47 Å². The van der Waals surface area contributed by atoms with Crippen molar-refractivity contribution < 1.29 is 19.1 Å². The SMILES string of the molecule is COC(=O)c1cc(C2CCNC(=O)c3sc(N4CCOCC4)nc32)ccc1Cl. The number of esters is 1. The molecule has 1 unspecified atom stereocenters. The molecule has 0 saturated carbocycles. The molecular weight excluding hydrogens is 402 g/mol. The van der Waals surface area contributed by atoms with Crippen molar-refractivity contribution in [1.29, 1.82) is 0 Å². The van der Waals surface area contributed by atoms with E-state index in [0.717, 1.165) is 29.5 Å². The number of nitrogens with one attached hydrogen (secondary N) is 1. The van der Waals surface area contributed by atoms with Gasteiger partial charge in [0, 0.05) is 25.6 Å². The van der Waals surface area contributed by atoms with Gasteiger partial charge in [-0.1, -0.05) is 29.0 Å². The van der Waals surface area contributed by atoms with Gasteiger partial charge in [-0.05, 0) is 24.1 Å². The number of carbonyl (C=O) groups excluding carboxylic acids is 2. The topological polar surface area (TPSA) is 80.8 Å². The lowest BCUT2D eigenvalue weighted by molar-refractivity contribution is 0.0600. The number of nitrogens with zero attached hydrogens (tertiary/aromatic N) is 2. The molecule has 2 aliphatic heterocycles. The first-order valence-corrected chi connectivity index (χ1v) is 10.3. The molecule has 148 valence electrons. The average Bonchev–Trinajstić information content (AvgIpc) is 3.11. The smallest absolute Gasteiger partial charge is 0.339 e. The zero-order valence-electron chi connectivity index (χ0n) is 15.4. The third kappa shape index (κ3) is 3.59. The van der Waals surface area contributed by atoms with Crippen LogP contribution in [0.25, 0.3) is 0 Å². The van der Waals surface area contributed by atoms with Crippen LogP contribution in [0.2, 0.25) is 5.02 Å². The van der Waals surface area contributed by atoms with Gasteiger partial charge in [-0.3, -0.25) is 4.79 Å². The van der Waals surface area contributed by atoms with Crippen LogP contribution in [0.15, 0.2) is 18.2 Å². The van der Waals surface area contributed by atoms with Crippen LogP contribution in [-0.4, -0.2) is 56.8 Å². The first-order chi connectivity index (χ1) is 13.6. The molecule has 1 fully saturated rings. The van der Waals surface area contributed by atoms with E-state index < -0.39 is 5.97 Å². The fourth-order valence-corrected chi connectivity index (χ4v) is 4.80. The van der Waals surface area contributed by atoms with Gasteiger partial charge in [-0.25, -0.2) is 9.78 Å². The number of benzene rings is 1. The average molecular weight is 422 g/mol. The lowest BCUT2D eigenvalue weighted by Gasteiger charge is -2.26. The Hall–Kier alpha value is -2.16. The molecule has 0 radical (unpaired) electrons. The Morgan fingerprint density at radius 3 is 2.93 bits per heavy atom. The summed E-state index contributed by atoms with van der Waals surface area (Å²) in [5.41, 5.74) is 1.95. The summed E-state index contributed by atoms with van der Waals surface area (Å²) in [4.78, 5) is 32.2. The first-order valence-electron chi connectivity index (χ1n) is 9.08. The van der Waals surface area contributed by atoms with E-state index in [9.17, 15) is 9.59 Å². The minimum atomic E-state index is -0.484. The quantitative estimate of drug-likeness (QED) is 0.767. The van der Waals surface area contributed by atoms with E-state index in [1.54, 1.807) is 12.1 Å². The number of hydrogen-bond acceptors (Lipinski definition) is 7. The summed E-state index contributed by atoms with van der Waals surface area (Å²) in [6.07, 6.45) is 0.688. The van der Waals surface area contributed by atoms with Crippen LogP contribution in [0.5, 0.6) is 0 Å². The molecule has 0 bridgehead atoms. The van der Waals surface area contributed by atoms with E-state index in [-0.39, 0.29) is 11.8 Å². The molecule has 2 aromatic rings. The number of morpholine rings is 1. The lowest BCUT2D eigenvalue weighted by atomic mass is 9.91. The normalized spacial score (nSPS) is 19.6. The van der Waals surface area contributed by atoms with Gasteiger partial charge < -0.3 is 19.7 Å². The summed E-state index contributed by atoms with van der Waals surface area (Å²) in [7, 11) is 1.33. The Morgan fingerprint density at radius 2 is 2.18 bits per heavy atom. The van der Waals surface area contributed by atoms with E-state index >= 15 is 0 Å². The van der Waals surface area contributed by atoms with E-state index in [1.165, 1.54) is 18.4 Å². The molecule has 0 aliphatic carbocycles. The summed E-state index contributed by atoms with van der Waals surface area (Å²) in [5, 5.41) is 4.12. The third-order valence-electron chi connectivity index (χ3n) is 4.98. The van der Waals surface area contributed by atoms with E-state index in [4.69, 9.17) is 26.1 Å². The second kappa shape index (κ2) is 8.06. The number of amides is 1. The Balaban J connectivity index is 1.75. The summed E-state index contributed by atoms with van der Waals surface area (Å²) < 4.78 is 10.2. The van der Waals surface area contributed by atoms with Crippen molar-refractivity contribution in [3.05, 3.63) is 44.9 Å². The molecule has 1 aromatic heterocycles. The predicted molar refractivity (Wildman–Crippen MR) is 107 cm³/mol. The summed E-state index contributed by atoms with van der Waals surface area (Å²) in [6, 6.07) is 5.32. The Bertz CT molecular complexity index is 911. The fourth-order valence-electron chi connectivity index (χ4n) is 3.51. The molecule has 1 aromatic carbocycles. The van der Waals surface area contributed by atoms with Crippen molar-refractivity contribution in [3.8, 4) is 0 Å². The molecule has 7 nitrogen and oxygen atoms in total. The highest BCUT2D eigenvalue weighted by atomic mass is 35.5. The molecular formula is C19H20ClN3O4S. The van der Waals surface area contributed by atoms with E-state index in [0.29, 0.717) is 41.6 Å². The Labute approximate surface area is 171 Å². The summed E-state index contributed by atoms with van der Waals surface area (Å²) in [5.74, 6) is -0.695. The zero-order valence-corrected chi connectivity index (χ0v) is 16.9. The maximum Gasteiger partial charge on any atom is 0.339 e. The molecule has 1 N–H and O–H groups in total. The minimum absolute atomic E-state index is 0.100. The maximum absolute atomic E-state index is 12.6. The van der Waals surface area contributed by atoms with Crippen LogP contribution in [0.3, 0.4) is 0 Å². The highest BCUT2D eigenvalue weighted by Crippen LogP contribution is 2.38. The van der Waals surface area contributed by atoms with Gasteiger partial charge in [-0.2, -0.15) is 0 Å². The van der Waals surface area contributed by atoms with Crippen molar-refractivity contribution in [2.24, 2.45) is 0 Å². The van der Waals surface area contributed by atoms with Crippen LogP contribution in [0.1, 0.15) is 43.6 Å². The number of ether oxygens (including phenoxy) is 2. The number of anilines is 1. The summed E-state index contributed by atoms with van der Waals surface area (Å²) >= 11 is 7.58. The molecule has 2 aliphatic rings. The number of aromatic nitrogens is 1. The highest BCUT2D eigenvalue weighted by Gasteiger charge is 2.31. The molecule has 3 heterocycles. The third-order valence-corrected chi connectivity index (χ3v) is 6.44. The lowest BCUT2D eigenvalue weighted by Crippen LogP contribution is -2.36. The minimum Gasteiger partial charge on any atom is -0.465 e. The van der Waals surface area contributed by atoms with Crippen molar-refractivity contribution in [2.45, 2.75) is 12.3 Å². The molecule has 0 spiro atoms. The monoisotopic (exact) mass is 421 g/mol. The number of rotatable bonds is 3. The molecule has 9 heteroatoms. The predicted octanol–water partition coefficient (Wildman–Crippen LogP) is 2.69. The number of carbonyl (C=O) groups is 2. The first kappa shape index (κ1) is 19.2. The van der Waals surface area contributed by atoms with Gasteiger partial charge in [0.1, 0.15) is 4.88 Å². The standard InChI is InChI=1S/C19H20ClN3O4S/c1-26-18(25)13-10-11(2-3-14(13)20)12-4-5-21-17(24)16-15(12)22-19(28-16)23-6-8-27-9-7-23/h2-3,10,12H,4-9H2,1H3,(H,21,24). The Kier molecular flexibility index (Phi) is 5.52. The second-order valence-electron chi connectivity index (χ2n) is 6.64. The van der Waals surface area contributed by atoms with Crippen molar-refractivity contribution in [2.75, 3.05) is 44.9 Å². The van der Waals surface area contributed by atoms with Crippen LogP contribution >= 0.6 is 22.9 Å². The van der Waals surface area contributed by atoms with Crippen molar-refractivity contribution in [3.63, 3.8) is 0 Å². The van der Waals surface area contributed by atoms with E-state index in [1.807, 2.05) is 6.07 Å². The molecule has 1 saturated heterocycles. The maximum atomic E-state index is 12.6. The number of fused-ring (bicyclic) bond motifs is 1. The van der Waals surface area contributed by atoms with Gasteiger partial charge in [0.2, 0.25) is 0 Å². The molecule has 1 atom stereocenters. The van der Waals surface area contributed by atoms with Gasteiger partial charge in [0.05, 0.1) is 36.6 Å². The van der Waals surface area contributed by atoms with Crippen molar-refractivity contribution in [1.82, 2.24) is 10.3 Å². The van der Waals surface area contributed by atoms with Gasteiger partial charge in [0.25, 0.3) is 5.91 Å². The summed E-state index contributed by atoms with van der Waals surface area (Å²) in [6.45, 7) is 3.35. The number of thiazole rings is 1. The second-order valence-corrected chi connectivity index (χ2v) is 8.02. The Morgan fingerprint density at radius 1 is 1.39 bits per heavy atom. The number of halogens is 1. The van der Waals surface area contributed by atoms with Gasteiger partial charge in [-0.15, -0.1) is 0 Å². The van der Waals surface area contributed by atoms with Crippen LogP contribution < -0.4 is 10.2 Å². The number of hydrogen-bond donors (Lipinski definition) is 1. The number of methoxy groups -OCH3 is 1. The molecule has 1 amide bonds. The van der Waals surface area contributed by atoms with Crippen LogP contribution in [0, 0.1) is 0 Å². The molecule has 4 rings (SSSR count). The van der Waals surface area contributed by atoms with Crippen LogP contribution in [0.4, 0.5) is 5.13 Å². The van der Waals surface area contributed by atoms with Crippen molar-refractivity contribution >= 4 is 39.9 Å². The molecule has 28 heavy (non-hydrogen) atoms.